The lowest BCUT2D eigenvalue weighted by molar-refractivity contribution is 0.0603. The molecule has 0 bridgehead atoms. The van der Waals surface area contributed by atoms with Crippen molar-refractivity contribution in [2.45, 2.75) is 6.54 Å². The molecule has 0 unspecified atom stereocenters. The molecule has 0 fully saturated rings. The van der Waals surface area contributed by atoms with Crippen molar-refractivity contribution < 1.29 is 28.3 Å². The van der Waals surface area contributed by atoms with Crippen LogP contribution in [0.4, 0.5) is 5.69 Å². The summed E-state index contributed by atoms with van der Waals surface area (Å²) in [5, 5.41) is 4.28. The fourth-order valence-corrected chi connectivity index (χ4v) is 3.75. The van der Waals surface area contributed by atoms with Gasteiger partial charge >= 0.3 is 5.97 Å². The molecule has 1 aromatic carbocycles. The molecule has 0 radical (unpaired) electrons. The summed E-state index contributed by atoms with van der Waals surface area (Å²) in [5.74, 6) is -1.54. The number of benzene rings is 1. The molecular weight excluding hydrogens is 396 g/mol. The molecule has 0 saturated carbocycles. The molecule has 2 aromatic heterocycles. The zero-order chi connectivity index (χ0) is 20.5. The number of thiophene rings is 1. The van der Waals surface area contributed by atoms with Gasteiger partial charge in [-0.25, -0.2) is 4.79 Å². The van der Waals surface area contributed by atoms with E-state index in [-0.39, 0.29) is 28.1 Å². The molecule has 0 saturated heterocycles. The predicted octanol–water partition coefficient (Wildman–Crippen LogP) is 3.18. The lowest BCUT2D eigenvalue weighted by Gasteiger charge is -2.11. The van der Waals surface area contributed by atoms with Crippen molar-refractivity contribution in [2.75, 3.05) is 12.4 Å². The van der Waals surface area contributed by atoms with Crippen LogP contribution in [0.5, 0.6) is 0 Å². The summed E-state index contributed by atoms with van der Waals surface area (Å²) >= 11 is 1.14. The number of fused-ring (bicyclic) bond motifs is 1. The number of ether oxygens (including phenoxy) is 1. The number of imide groups is 1. The quantitative estimate of drug-likeness (QED) is 0.512. The fraction of sp³-hybridized carbons (Fsp3) is 0.100. The maximum absolute atomic E-state index is 12.7. The average Bonchev–Trinajstić information content (AvgIpc) is 3.45. The van der Waals surface area contributed by atoms with E-state index in [2.05, 4.69) is 10.1 Å². The van der Waals surface area contributed by atoms with Gasteiger partial charge in [-0.2, -0.15) is 0 Å². The molecule has 29 heavy (non-hydrogen) atoms. The zero-order valence-corrected chi connectivity index (χ0v) is 15.9. The number of hydrogen-bond donors (Lipinski definition) is 1. The average molecular weight is 410 g/mol. The Kier molecular flexibility index (Phi) is 4.73. The van der Waals surface area contributed by atoms with Crippen LogP contribution >= 0.6 is 11.3 Å². The normalized spacial score (nSPS) is 12.8. The van der Waals surface area contributed by atoms with Crippen LogP contribution in [-0.4, -0.2) is 35.7 Å². The molecule has 8 nitrogen and oxygen atoms in total. The Morgan fingerprint density at radius 3 is 2.66 bits per heavy atom. The number of hydrogen-bond acceptors (Lipinski definition) is 7. The Morgan fingerprint density at radius 2 is 1.93 bits per heavy atom. The highest BCUT2D eigenvalue weighted by Crippen LogP contribution is 2.27. The second kappa shape index (κ2) is 7.36. The highest BCUT2D eigenvalue weighted by molar-refractivity contribution is 7.12. The molecule has 0 atom stereocenters. The van der Waals surface area contributed by atoms with E-state index in [1.807, 2.05) is 0 Å². The molecule has 0 spiro atoms. The van der Waals surface area contributed by atoms with Gasteiger partial charge < -0.3 is 14.5 Å². The first kappa shape index (κ1) is 18.6. The van der Waals surface area contributed by atoms with Crippen molar-refractivity contribution in [3.05, 3.63) is 75.4 Å². The van der Waals surface area contributed by atoms with Crippen molar-refractivity contribution >= 4 is 40.7 Å². The van der Waals surface area contributed by atoms with Gasteiger partial charge in [0.1, 0.15) is 10.6 Å². The SMILES string of the molecule is COC(=O)c1sccc1NC(=O)c1ccc2c(c1)C(=O)N(Cc1ccco1)C2=O. The van der Waals surface area contributed by atoms with Gasteiger partial charge in [-0.15, -0.1) is 11.3 Å². The topological polar surface area (TPSA) is 106 Å². The number of nitrogens with one attached hydrogen (secondary N) is 1. The smallest absolute Gasteiger partial charge is 0.350 e. The first-order chi connectivity index (χ1) is 14.0. The standard InChI is InChI=1S/C20H14N2O6S/c1-27-20(26)16-15(6-8-29-16)21-17(23)11-4-5-13-14(9-11)19(25)22(18(13)24)10-12-3-2-7-28-12/h2-9H,10H2,1H3,(H,21,23). The summed E-state index contributed by atoms with van der Waals surface area (Å²) in [7, 11) is 1.26. The van der Waals surface area contributed by atoms with Crippen molar-refractivity contribution in [2.24, 2.45) is 0 Å². The maximum Gasteiger partial charge on any atom is 0.350 e. The van der Waals surface area contributed by atoms with E-state index < -0.39 is 23.7 Å². The molecule has 1 aliphatic rings. The summed E-state index contributed by atoms with van der Waals surface area (Å²) in [4.78, 5) is 50.9. The van der Waals surface area contributed by atoms with E-state index in [0.717, 1.165) is 16.2 Å². The van der Waals surface area contributed by atoms with E-state index in [4.69, 9.17) is 4.42 Å². The molecule has 3 aromatic rings. The highest BCUT2D eigenvalue weighted by Gasteiger charge is 2.36. The van der Waals surface area contributed by atoms with E-state index in [9.17, 15) is 19.2 Å². The van der Waals surface area contributed by atoms with Gasteiger partial charge in [0.15, 0.2) is 0 Å². The van der Waals surface area contributed by atoms with E-state index in [1.54, 1.807) is 23.6 Å². The minimum Gasteiger partial charge on any atom is -0.467 e. The molecule has 1 N–H and O–H groups in total. The molecular formula is C20H14N2O6S. The predicted molar refractivity (Wildman–Crippen MR) is 103 cm³/mol. The summed E-state index contributed by atoms with van der Waals surface area (Å²) in [5.41, 5.74) is 0.873. The van der Waals surface area contributed by atoms with Crippen LogP contribution in [0.25, 0.3) is 0 Å². The minimum atomic E-state index is -0.557. The summed E-state index contributed by atoms with van der Waals surface area (Å²) in [6.07, 6.45) is 1.46. The number of nitrogens with zero attached hydrogens (tertiary/aromatic N) is 1. The fourth-order valence-electron chi connectivity index (χ4n) is 2.99. The van der Waals surface area contributed by atoms with Gasteiger partial charge in [0.25, 0.3) is 17.7 Å². The van der Waals surface area contributed by atoms with E-state index in [0.29, 0.717) is 11.4 Å². The van der Waals surface area contributed by atoms with Crippen LogP contribution in [0.1, 0.15) is 46.5 Å². The Labute approximate surface area is 168 Å². The lowest BCUT2D eigenvalue weighted by atomic mass is 10.1. The lowest BCUT2D eigenvalue weighted by Crippen LogP contribution is -2.28. The molecule has 1 aliphatic heterocycles. The summed E-state index contributed by atoms with van der Waals surface area (Å²) < 4.78 is 9.89. The Balaban J connectivity index is 1.57. The second-order valence-corrected chi connectivity index (χ2v) is 7.06. The van der Waals surface area contributed by atoms with Crippen LogP contribution in [0.3, 0.4) is 0 Å². The number of carbonyl (C=O) groups is 4. The molecule has 3 heterocycles. The van der Waals surface area contributed by atoms with Crippen LogP contribution < -0.4 is 5.32 Å². The monoisotopic (exact) mass is 410 g/mol. The number of carbonyl (C=O) groups excluding carboxylic acids is 4. The third-order valence-corrected chi connectivity index (χ3v) is 5.31. The van der Waals surface area contributed by atoms with E-state index >= 15 is 0 Å². The Morgan fingerprint density at radius 1 is 1.14 bits per heavy atom. The van der Waals surface area contributed by atoms with Crippen LogP contribution in [0, 0.1) is 0 Å². The Hall–Kier alpha value is -3.72. The molecule has 3 amide bonds. The summed E-state index contributed by atoms with van der Waals surface area (Å²) in [6, 6.07) is 9.20. The third kappa shape index (κ3) is 3.32. The molecule has 0 aliphatic carbocycles. The van der Waals surface area contributed by atoms with Gasteiger partial charge in [-0.05, 0) is 41.8 Å². The van der Waals surface area contributed by atoms with Gasteiger partial charge in [-0.1, -0.05) is 0 Å². The first-order valence-corrected chi connectivity index (χ1v) is 9.37. The van der Waals surface area contributed by atoms with Crippen molar-refractivity contribution in [3.63, 3.8) is 0 Å². The van der Waals surface area contributed by atoms with Gasteiger partial charge in [-0.3, -0.25) is 19.3 Å². The zero-order valence-electron chi connectivity index (χ0n) is 15.1. The van der Waals surface area contributed by atoms with Gasteiger partial charge in [0.05, 0.1) is 36.7 Å². The van der Waals surface area contributed by atoms with Crippen LogP contribution in [0.2, 0.25) is 0 Å². The largest absolute Gasteiger partial charge is 0.467 e. The van der Waals surface area contributed by atoms with Crippen LogP contribution in [-0.2, 0) is 11.3 Å². The van der Waals surface area contributed by atoms with Crippen molar-refractivity contribution in [1.82, 2.24) is 4.90 Å². The highest BCUT2D eigenvalue weighted by atomic mass is 32.1. The van der Waals surface area contributed by atoms with Gasteiger partial charge in [0, 0.05) is 5.56 Å². The number of methoxy groups -OCH3 is 1. The number of furan rings is 1. The van der Waals surface area contributed by atoms with Gasteiger partial charge in [0.2, 0.25) is 0 Å². The number of anilines is 1. The number of amides is 3. The minimum absolute atomic E-state index is 0.0122. The third-order valence-electron chi connectivity index (χ3n) is 4.41. The second-order valence-electron chi connectivity index (χ2n) is 6.15. The van der Waals surface area contributed by atoms with E-state index in [1.165, 1.54) is 31.6 Å². The van der Waals surface area contributed by atoms with Crippen molar-refractivity contribution in [3.8, 4) is 0 Å². The van der Waals surface area contributed by atoms with Crippen molar-refractivity contribution in [1.29, 1.82) is 0 Å². The molecule has 146 valence electrons. The number of esters is 1. The molecule has 9 heteroatoms. The Bertz CT molecular complexity index is 1130. The first-order valence-electron chi connectivity index (χ1n) is 8.49. The summed E-state index contributed by atoms with van der Waals surface area (Å²) in [6.45, 7) is 0.0122. The number of rotatable bonds is 5. The maximum atomic E-state index is 12.7. The van der Waals surface area contributed by atoms with Crippen LogP contribution in [0.15, 0.2) is 52.5 Å². The molecule has 4 rings (SSSR count).